The zero-order chi connectivity index (χ0) is 55.0. The van der Waals surface area contributed by atoms with E-state index in [2.05, 4.69) is 32.9 Å². The Morgan fingerprint density at radius 2 is 0.434 bits per heavy atom. The monoisotopic (exact) mass is 1070 g/mol. The van der Waals surface area contributed by atoms with Crippen molar-refractivity contribution in [3.63, 3.8) is 0 Å². The number of carbonyl (C=O) groups excluding carboxylic acids is 3. The van der Waals surface area contributed by atoms with Crippen molar-refractivity contribution in [1.82, 2.24) is 0 Å². The molecule has 0 bridgehead atoms. The molecular formula is C70H134O6. The summed E-state index contributed by atoms with van der Waals surface area (Å²) in [7, 11) is 0. The Hall–Kier alpha value is -1.85. The van der Waals surface area contributed by atoms with Crippen LogP contribution in [0, 0.1) is 0 Å². The topological polar surface area (TPSA) is 78.9 Å². The van der Waals surface area contributed by atoms with Gasteiger partial charge in [0.05, 0.1) is 0 Å². The van der Waals surface area contributed by atoms with Gasteiger partial charge in [-0.05, 0) is 44.9 Å². The highest BCUT2D eigenvalue weighted by molar-refractivity contribution is 5.71. The van der Waals surface area contributed by atoms with Gasteiger partial charge in [0.25, 0.3) is 0 Å². The van der Waals surface area contributed by atoms with Gasteiger partial charge in [0.15, 0.2) is 6.10 Å². The minimum atomic E-state index is -0.769. The van der Waals surface area contributed by atoms with E-state index >= 15 is 0 Å². The highest BCUT2D eigenvalue weighted by Gasteiger charge is 2.19. The average Bonchev–Trinajstić information content (AvgIpc) is 3.42. The summed E-state index contributed by atoms with van der Waals surface area (Å²) in [4.78, 5) is 38.2. The van der Waals surface area contributed by atoms with E-state index in [4.69, 9.17) is 14.2 Å². The molecule has 0 N–H and O–H groups in total. The second-order valence-electron chi connectivity index (χ2n) is 23.8. The largest absolute Gasteiger partial charge is 0.462 e. The van der Waals surface area contributed by atoms with Crippen LogP contribution in [-0.2, 0) is 28.6 Å². The second kappa shape index (κ2) is 65.7. The van der Waals surface area contributed by atoms with Gasteiger partial charge in [-0.15, -0.1) is 0 Å². The molecule has 0 aromatic heterocycles. The van der Waals surface area contributed by atoms with Gasteiger partial charge in [-0.25, -0.2) is 0 Å². The van der Waals surface area contributed by atoms with Gasteiger partial charge in [0.1, 0.15) is 13.2 Å². The van der Waals surface area contributed by atoms with E-state index in [-0.39, 0.29) is 31.1 Å². The fraction of sp³-hybridized carbons (Fsp3) is 0.929. The standard InChI is InChI=1S/C70H134O6/c1-4-7-10-13-16-19-21-23-25-27-28-29-30-31-32-33-34-35-36-37-38-39-40-41-42-43-45-46-48-51-54-57-60-63-69(72)75-66-67(65-74-68(71)62-59-56-53-50-18-15-12-9-6-3)76-70(73)64-61-58-55-52-49-47-44-26-24-22-20-17-14-11-8-5-2/h26,44,67H,4-25,27-43,45-66H2,1-3H3/b44-26-. The maximum atomic E-state index is 12.9. The van der Waals surface area contributed by atoms with E-state index in [1.54, 1.807) is 0 Å². The highest BCUT2D eigenvalue weighted by Crippen LogP contribution is 2.19. The van der Waals surface area contributed by atoms with Crippen LogP contribution in [-0.4, -0.2) is 37.2 Å². The maximum absolute atomic E-state index is 12.9. The van der Waals surface area contributed by atoms with Crippen LogP contribution in [0.25, 0.3) is 0 Å². The van der Waals surface area contributed by atoms with Gasteiger partial charge in [-0.1, -0.05) is 348 Å². The second-order valence-corrected chi connectivity index (χ2v) is 23.8. The molecule has 0 rings (SSSR count). The Morgan fingerprint density at radius 1 is 0.250 bits per heavy atom. The predicted molar refractivity (Wildman–Crippen MR) is 330 cm³/mol. The maximum Gasteiger partial charge on any atom is 0.306 e. The van der Waals surface area contributed by atoms with Gasteiger partial charge in [-0.3, -0.25) is 14.4 Å². The summed E-state index contributed by atoms with van der Waals surface area (Å²) in [5.41, 5.74) is 0. The third kappa shape index (κ3) is 63.0. The first kappa shape index (κ1) is 74.2. The molecule has 0 heterocycles. The molecule has 1 unspecified atom stereocenters. The van der Waals surface area contributed by atoms with E-state index in [1.165, 1.54) is 295 Å². The summed E-state index contributed by atoms with van der Waals surface area (Å²) in [6.45, 7) is 6.68. The van der Waals surface area contributed by atoms with Crippen molar-refractivity contribution in [2.24, 2.45) is 0 Å². The van der Waals surface area contributed by atoms with E-state index in [1.807, 2.05) is 0 Å². The number of hydrogen-bond donors (Lipinski definition) is 0. The Morgan fingerprint density at radius 3 is 0.658 bits per heavy atom. The number of esters is 3. The molecule has 0 radical (unpaired) electrons. The summed E-state index contributed by atoms with van der Waals surface area (Å²) < 4.78 is 16.9. The van der Waals surface area contributed by atoms with Crippen LogP contribution in [0.2, 0.25) is 0 Å². The Bertz CT molecular complexity index is 1180. The summed E-state index contributed by atoms with van der Waals surface area (Å²) in [5.74, 6) is -0.851. The molecule has 0 aliphatic heterocycles. The lowest BCUT2D eigenvalue weighted by Crippen LogP contribution is -2.30. The van der Waals surface area contributed by atoms with E-state index in [0.29, 0.717) is 19.3 Å². The van der Waals surface area contributed by atoms with Gasteiger partial charge >= 0.3 is 17.9 Å². The van der Waals surface area contributed by atoms with Crippen molar-refractivity contribution in [1.29, 1.82) is 0 Å². The first-order chi connectivity index (χ1) is 37.5. The lowest BCUT2D eigenvalue weighted by atomic mass is 10.0. The van der Waals surface area contributed by atoms with Crippen LogP contribution < -0.4 is 0 Å². The molecule has 0 saturated heterocycles. The number of rotatable bonds is 65. The number of carbonyl (C=O) groups is 3. The van der Waals surface area contributed by atoms with E-state index in [0.717, 1.165) is 64.2 Å². The molecule has 6 nitrogen and oxygen atoms in total. The summed E-state index contributed by atoms with van der Waals surface area (Å²) in [6.07, 6.45) is 78.4. The van der Waals surface area contributed by atoms with Crippen LogP contribution in [0.3, 0.4) is 0 Å². The molecular weight excluding hydrogens is 937 g/mol. The molecule has 0 aliphatic carbocycles. The van der Waals surface area contributed by atoms with Crippen molar-refractivity contribution < 1.29 is 28.6 Å². The van der Waals surface area contributed by atoms with Crippen LogP contribution in [0.5, 0.6) is 0 Å². The van der Waals surface area contributed by atoms with Crippen molar-refractivity contribution in [3.8, 4) is 0 Å². The molecule has 0 saturated carbocycles. The van der Waals surface area contributed by atoms with Crippen molar-refractivity contribution in [3.05, 3.63) is 12.2 Å². The van der Waals surface area contributed by atoms with Gasteiger partial charge in [-0.2, -0.15) is 0 Å². The third-order valence-electron chi connectivity index (χ3n) is 16.0. The van der Waals surface area contributed by atoms with Crippen molar-refractivity contribution in [2.75, 3.05) is 13.2 Å². The molecule has 0 aromatic carbocycles. The normalized spacial score (nSPS) is 12.0. The molecule has 0 aromatic rings. The predicted octanol–water partition coefficient (Wildman–Crippen LogP) is 23.6. The minimum Gasteiger partial charge on any atom is -0.462 e. The van der Waals surface area contributed by atoms with Gasteiger partial charge in [0.2, 0.25) is 0 Å². The zero-order valence-electron chi connectivity index (χ0n) is 51.8. The molecule has 1 atom stereocenters. The lowest BCUT2D eigenvalue weighted by molar-refractivity contribution is -0.167. The minimum absolute atomic E-state index is 0.0674. The molecule has 0 amide bonds. The Labute approximate surface area is 475 Å². The molecule has 6 heteroatoms. The average molecular weight is 1070 g/mol. The lowest BCUT2D eigenvalue weighted by Gasteiger charge is -2.18. The zero-order valence-corrected chi connectivity index (χ0v) is 51.8. The van der Waals surface area contributed by atoms with E-state index < -0.39 is 6.10 Å². The highest BCUT2D eigenvalue weighted by atomic mass is 16.6. The number of ether oxygens (including phenoxy) is 3. The molecule has 0 aliphatic rings. The van der Waals surface area contributed by atoms with E-state index in [9.17, 15) is 14.4 Å². The molecule has 76 heavy (non-hydrogen) atoms. The number of allylic oxidation sites excluding steroid dienone is 2. The van der Waals surface area contributed by atoms with Crippen LogP contribution in [0.4, 0.5) is 0 Å². The van der Waals surface area contributed by atoms with Crippen LogP contribution in [0.15, 0.2) is 12.2 Å². The van der Waals surface area contributed by atoms with Crippen molar-refractivity contribution in [2.45, 2.75) is 406 Å². The smallest absolute Gasteiger partial charge is 0.306 e. The van der Waals surface area contributed by atoms with Gasteiger partial charge < -0.3 is 14.2 Å². The van der Waals surface area contributed by atoms with Crippen LogP contribution in [0.1, 0.15) is 400 Å². The summed E-state index contributed by atoms with van der Waals surface area (Å²) in [5, 5.41) is 0. The molecule has 0 fully saturated rings. The quantitative estimate of drug-likeness (QED) is 0.0261. The Balaban J connectivity index is 3.98. The first-order valence-electron chi connectivity index (χ1n) is 34.7. The SMILES string of the molecule is CCCCCCCCC/C=C\CCCCCCCC(=O)OC(COC(=O)CCCCCCCCCCC)COC(=O)CCCCCCCCCCCCCCCCCCCCCCCCCCCCCCCCCCC. The van der Waals surface area contributed by atoms with Gasteiger partial charge in [0, 0.05) is 19.3 Å². The fourth-order valence-corrected chi connectivity index (χ4v) is 10.8. The van der Waals surface area contributed by atoms with Crippen molar-refractivity contribution >= 4 is 17.9 Å². The Kier molecular flexibility index (Phi) is 64.1. The third-order valence-corrected chi connectivity index (χ3v) is 16.0. The molecule has 0 spiro atoms. The fourth-order valence-electron chi connectivity index (χ4n) is 10.8. The van der Waals surface area contributed by atoms with Crippen LogP contribution >= 0.6 is 0 Å². The number of unbranched alkanes of at least 4 members (excludes halogenated alkanes) is 52. The number of hydrogen-bond acceptors (Lipinski definition) is 6. The summed E-state index contributed by atoms with van der Waals surface area (Å²) >= 11 is 0. The molecule has 450 valence electrons. The summed E-state index contributed by atoms with van der Waals surface area (Å²) in [6, 6.07) is 0. The first-order valence-corrected chi connectivity index (χ1v) is 34.7.